The van der Waals surface area contributed by atoms with Crippen LogP contribution in [0.5, 0.6) is 0 Å². The number of carbonyl (C=O) groups excluding carboxylic acids is 1. The van der Waals surface area contributed by atoms with Gasteiger partial charge in [0.2, 0.25) is 6.08 Å². The van der Waals surface area contributed by atoms with Crippen molar-refractivity contribution in [2.45, 2.75) is 18.4 Å². The molecule has 1 fully saturated rings. The Morgan fingerprint density at radius 2 is 2.40 bits per heavy atom. The van der Waals surface area contributed by atoms with Gasteiger partial charge in [0.15, 0.2) is 5.58 Å². The molecule has 2 heterocycles. The third-order valence-electron chi connectivity index (χ3n) is 2.80. The van der Waals surface area contributed by atoms with Gasteiger partial charge < -0.3 is 4.42 Å². The molecule has 2 aromatic rings. The highest BCUT2D eigenvalue weighted by atomic mass is 16.3. The van der Waals surface area contributed by atoms with Crippen LogP contribution in [0.1, 0.15) is 18.5 Å². The Morgan fingerprint density at radius 1 is 1.53 bits per heavy atom. The first-order valence-electron chi connectivity index (χ1n) is 4.77. The molecule has 0 amide bonds. The van der Waals surface area contributed by atoms with E-state index in [1.807, 2.05) is 12.1 Å². The number of hydrogen-bond acceptors (Lipinski definition) is 4. The summed E-state index contributed by atoms with van der Waals surface area (Å²) < 4.78 is 5.20. The number of isocyanates is 1. The molecule has 4 nitrogen and oxygen atoms in total. The number of rotatable bonds is 2. The quantitative estimate of drug-likeness (QED) is 0.551. The molecule has 2 aromatic heterocycles. The minimum absolute atomic E-state index is 0.396. The largest absolute Gasteiger partial charge is 0.463 e. The molecule has 0 radical (unpaired) electrons. The molecule has 0 saturated heterocycles. The van der Waals surface area contributed by atoms with Crippen LogP contribution in [-0.2, 0) is 10.3 Å². The van der Waals surface area contributed by atoms with E-state index >= 15 is 0 Å². The molecular formula is C11H8N2O2. The van der Waals surface area contributed by atoms with Crippen LogP contribution in [0.2, 0.25) is 0 Å². The highest BCUT2D eigenvalue weighted by Gasteiger charge is 2.46. The fourth-order valence-electron chi connectivity index (χ4n) is 1.75. The van der Waals surface area contributed by atoms with Crippen molar-refractivity contribution in [3.05, 3.63) is 30.3 Å². The van der Waals surface area contributed by atoms with Crippen molar-refractivity contribution in [2.24, 2.45) is 4.99 Å². The van der Waals surface area contributed by atoms with Crippen molar-refractivity contribution in [2.75, 3.05) is 0 Å². The number of nitrogens with zero attached hydrogens (tertiary/aromatic N) is 2. The molecule has 74 valence electrons. The first kappa shape index (κ1) is 8.38. The standard InChI is InChI=1S/C11H8N2O2/c14-7-13-11(2-3-11)10-5-8-1-4-15-9(8)6-12-10/h1,4-6H,2-3H2. The van der Waals surface area contributed by atoms with Crippen molar-refractivity contribution in [1.82, 2.24) is 4.98 Å². The van der Waals surface area contributed by atoms with Gasteiger partial charge in [0.1, 0.15) is 5.54 Å². The summed E-state index contributed by atoms with van der Waals surface area (Å²) in [4.78, 5) is 18.4. The van der Waals surface area contributed by atoms with Crippen LogP contribution in [0.15, 0.2) is 34.0 Å². The Labute approximate surface area is 85.6 Å². The minimum Gasteiger partial charge on any atom is -0.463 e. The number of pyridine rings is 1. The second-order valence-corrected chi connectivity index (χ2v) is 3.76. The van der Waals surface area contributed by atoms with Gasteiger partial charge in [-0.05, 0) is 25.0 Å². The molecule has 0 spiro atoms. The minimum atomic E-state index is -0.396. The molecule has 0 bridgehead atoms. The maximum atomic E-state index is 10.3. The Bertz CT molecular complexity index is 563. The van der Waals surface area contributed by atoms with E-state index in [-0.39, 0.29) is 0 Å². The third-order valence-corrected chi connectivity index (χ3v) is 2.80. The van der Waals surface area contributed by atoms with Crippen molar-refractivity contribution in [3.8, 4) is 0 Å². The van der Waals surface area contributed by atoms with E-state index in [1.165, 1.54) is 0 Å². The van der Waals surface area contributed by atoms with E-state index in [1.54, 1.807) is 18.5 Å². The first-order chi connectivity index (χ1) is 7.34. The summed E-state index contributed by atoms with van der Waals surface area (Å²) in [5, 5.41) is 0.993. The van der Waals surface area contributed by atoms with E-state index in [9.17, 15) is 4.79 Å². The molecule has 0 aromatic carbocycles. The van der Waals surface area contributed by atoms with Crippen molar-refractivity contribution < 1.29 is 9.21 Å². The monoisotopic (exact) mass is 200 g/mol. The van der Waals surface area contributed by atoms with E-state index in [4.69, 9.17) is 4.42 Å². The highest BCUT2D eigenvalue weighted by Crippen LogP contribution is 2.48. The molecule has 0 aliphatic heterocycles. The first-order valence-corrected chi connectivity index (χ1v) is 4.77. The molecule has 1 aliphatic rings. The number of hydrogen-bond donors (Lipinski definition) is 0. The van der Waals surface area contributed by atoms with Crippen LogP contribution < -0.4 is 0 Å². The molecule has 15 heavy (non-hydrogen) atoms. The van der Waals surface area contributed by atoms with Gasteiger partial charge in [-0.15, -0.1) is 0 Å². The summed E-state index contributed by atoms with van der Waals surface area (Å²) in [6.45, 7) is 0. The van der Waals surface area contributed by atoms with Crippen LogP contribution in [0.3, 0.4) is 0 Å². The lowest BCUT2D eigenvalue weighted by Gasteiger charge is -2.05. The van der Waals surface area contributed by atoms with Crippen LogP contribution in [0.4, 0.5) is 0 Å². The smallest absolute Gasteiger partial charge is 0.235 e. The topological polar surface area (TPSA) is 55.5 Å². The Balaban J connectivity index is 2.15. The van der Waals surface area contributed by atoms with Crippen LogP contribution in [0, 0.1) is 0 Å². The van der Waals surface area contributed by atoms with E-state index in [0.717, 1.165) is 29.5 Å². The average Bonchev–Trinajstić information content (AvgIpc) is 2.89. The van der Waals surface area contributed by atoms with Crippen LogP contribution >= 0.6 is 0 Å². The summed E-state index contributed by atoms with van der Waals surface area (Å²) >= 11 is 0. The van der Waals surface area contributed by atoms with Gasteiger partial charge in [-0.1, -0.05) is 0 Å². The lowest BCUT2D eigenvalue weighted by atomic mass is 10.1. The van der Waals surface area contributed by atoms with Crippen LogP contribution in [0.25, 0.3) is 11.0 Å². The number of aliphatic imine (C=N–C) groups is 1. The molecule has 0 atom stereocenters. The van der Waals surface area contributed by atoms with Gasteiger partial charge >= 0.3 is 0 Å². The molecule has 0 N–H and O–H groups in total. The molecule has 0 unspecified atom stereocenters. The fourth-order valence-corrected chi connectivity index (χ4v) is 1.75. The van der Waals surface area contributed by atoms with Gasteiger partial charge in [-0.25, -0.2) is 4.79 Å². The van der Waals surface area contributed by atoms with Crippen molar-refractivity contribution in [3.63, 3.8) is 0 Å². The van der Waals surface area contributed by atoms with E-state index in [2.05, 4.69) is 9.98 Å². The van der Waals surface area contributed by atoms with Gasteiger partial charge in [0.25, 0.3) is 0 Å². The summed E-state index contributed by atoms with van der Waals surface area (Å²) in [6, 6.07) is 3.80. The van der Waals surface area contributed by atoms with Crippen LogP contribution in [-0.4, -0.2) is 11.1 Å². The predicted octanol–water partition coefficient (Wildman–Crippen LogP) is 2.15. The summed E-state index contributed by atoms with van der Waals surface area (Å²) in [7, 11) is 0. The van der Waals surface area contributed by atoms with Gasteiger partial charge in [0.05, 0.1) is 18.2 Å². The maximum absolute atomic E-state index is 10.3. The molecule has 4 heteroatoms. The number of aromatic nitrogens is 1. The second kappa shape index (κ2) is 2.78. The summed E-state index contributed by atoms with van der Waals surface area (Å²) in [6.07, 6.45) is 6.67. The van der Waals surface area contributed by atoms with Crippen molar-refractivity contribution >= 4 is 17.0 Å². The van der Waals surface area contributed by atoms with Gasteiger partial charge in [-0.3, -0.25) is 4.98 Å². The maximum Gasteiger partial charge on any atom is 0.235 e. The Morgan fingerprint density at radius 3 is 3.13 bits per heavy atom. The zero-order chi connectivity index (χ0) is 10.3. The van der Waals surface area contributed by atoms with Gasteiger partial charge in [-0.2, -0.15) is 4.99 Å². The van der Waals surface area contributed by atoms with E-state index < -0.39 is 5.54 Å². The fraction of sp³-hybridized carbons (Fsp3) is 0.273. The molecule has 1 saturated carbocycles. The highest BCUT2D eigenvalue weighted by molar-refractivity contribution is 5.76. The Hall–Kier alpha value is -1.93. The summed E-state index contributed by atoms with van der Waals surface area (Å²) in [5.41, 5.74) is 1.19. The van der Waals surface area contributed by atoms with Crippen molar-refractivity contribution in [1.29, 1.82) is 0 Å². The zero-order valence-corrected chi connectivity index (χ0v) is 7.93. The predicted molar refractivity (Wildman–Crippen MR) is 53.0 cm³/mol. The molecule has 1 aliphatic carbocycles. The normalized spacial score (nSPS) is 17.3. The van der Waals surface area contributed by atoms with Gasteiger partial charge in [0, 0.05) is 5.39 Å². The SMILES string of the molecule is O=C=NC1(c2cc3ccoc3cn2)CC1. The molecular weight excluding hydrogens is 192 g/mol. The average molecular weight is 200 g/mol. The Kier molecular flexibility index (Phi) is 1.55. The number of furan rings is 1. The second-order valence-electron chi connectivity index (χ2n) is 3.76. The lowest BCUT2D eigenvalue weighted by molar-refractivity contribution is 0.555. The lowest BCUT2D eigenvalue weighted by Crippen LogP contribution is -2.04. The molecule has 3 rings (SSSR count). The summed E-state index contributed by atoms with van der Waals surface area (Å²) in [5.74, 6) is 0. The zero-order valence-electron chi connectivity index (χ0n) is 7.93. The number of fused-ring (bicyclic) bond motifs is 1. The third kappa shape index (κ3) is 1.19. The van der Waals surface area contributed by atoms with E-state index in [0.29, 0.717) is 0 Å².